The van der Waals surface area contributed by atoms with Crippen LogP contribution < -0.4 is 10.5 Å². The van der Waals surface area contributed by atoms with Crippen LogP contribution in [0.4, 0.5) is 4.39 Å². The maximum absolute atomic E-state index is 13.1. The average Bonchev–Trinajstić information content (AvgIpc) is 2.34. The molecule has 0 aromatic heterocycles. The minimum atomic E-state index is -0.267. The molecular weight excluding hydrogens is 221 g/mol. The van der Waals surface area contributed by atoms with Crippen molar-refractivity contribution in [3.05, 3.63) is 29.6 Å². The van der Waals surface area contributed by atoms with E-state index in [9.17, 15) is 4.39 Å². The first-order valence-corrected chi connectivity index (χ1v) is 5.93. The number of aryl methyl sites for hydroxylation is 1. The molecular formula is C13H20FNO2. The van der Waals surface area contributed by atoms with Gasteiger partial charge in [-0.15, -0.1) is 0 Å². The third-order valence-electron chi connectivity index (χ3n) is 2.74. The summed E-state index contributed by atoms with van der Waals surface area (Å²) in [5, 5.41) is 9.05. The minimum absolute atomic E-state index is 0.0627. The summed E-state index contributed by atoms with van der Waals surface area (Å²) >= 11 is 0. The molecule has 3 nitrogen and oxygen atoms in total. The lowest BCUT2D eigenvalue weighted by atomic mass is 9.99. The van der Waals surface area contributed by atoms with Gasteiger partial charge in [0.05, 0.1) is 6.61 Å². The second-order valence-electron chi connectivity index (χ2n) is 4.01. The Morgan fingerprint density at radius 1 is 1.47 bits per heavy atom. The molecule has 96 valence electrons. The summed E-state index contributed by atoms with van der Waals surface area (Å²) in [6, 6.07) is 4.52. The first kappa shape index (κ1) is 13.9. The maximum atomic E-state index is 13.1. The monoisotopic (exact) mass is 241 g/mol. The molecule has 0 aliphatic rings. The van der Waals surface area contributed by atoms with Crippen LogP contribution in [0.2, 0.25) is 0 Å². The summed E-state index contributed by atoms with van der Waals surface area (Å²) < 4.78 is 18.6. The molecule has 17 heavy (non-hydrogen) atoms. The Morgan fingerprint density at radius 2 is 2.24 bits per heavy atom. The van der Waals surface area contributed by atoms with Crippen molar-refractivity contribution in [3.8, 4) is 5.75 Å². The van der Waals surface area contributed by atoms with Crippen LogP contribution in [-0.2, 0) is 6.42 Å². The summed E-state index contributed by atoms with van der Waals surface area (Å²) in [5.41, 5.74) is 6.34. The Morgan fingerprint density at radius 3 is 2.82 bits per heavy atom. The molecule has 0 saturated heterocycles. The average molecular weight is 241 g/mol. The van der Waals surface area contributed by atoms with Gasteiger partial charge in [-0.3, -0.25) is 0 Å². The second kappa shape index (κ2) is 7.25. The SMILES string of the molecule is CCOc1ccc(F)cc1CCC(CN)CO. The summed E-state index contributed by atoms with van der Waals surface area (Å²) in [6.45, 7) is 2.95. The van der Waals surface area contributed by atoms with Gasteiger partial charge in [0.2, 0.25) is 0 Å². The van der Waals surface area contributed by atoms with Gasteiger partial charge >= 0.3 is 0 Å². The Bertz CT molecular complexity index is 340. The van der Waals surface area contributed by atoms with Crippen molar-refractivity contribution in [2.45, 2.75) is 19.8 Å². The zero-order valence-corrected chi connectivity index (χ0v) is 10.2. The van der Waals surface area contributed by atoms with Gasteiger partial charge in [-0.2, -0.15) is 0 Å². The van der Waals surface area contributed by atoms with Gasteiger partial charge in [-0.05, 0) is 56.0 Å². The Kier molecular flexibility index (Phi) is 5.94. The highest BCUT2D eigenvalue weighted by molar-refractivity contribution is 5.34. The van der Waals surface area contributed by atoms with Crippen molar-refractivity contribution in [1.29, 1.82) is 0 Å². The molecule has 0 fully saturated rings. The molecule has 1 aromatic carbocycles. The summed E-state index contributed by atoms with van der Waals surface area (Å²) in [5.74, 6) is 0.507. The van der Waals surface area contributed by atoms with Crippen molar-refractivity contribution in [3.63, 3.8) is 0 Å². The van der Waals surface area contributed by atoms with Crippen LogP contribution >= 0.6 is 0 Å². The number of aliphatic hydroxyl groups is 1. The van der Waals surface area contributed by atoms with Crippen LogP contribution in [0.3, 0.4) is 0 Å². The first-order chi connectivity index (χ1) is 8.21. The molecule has 0 aliphatic heterocycles. The van der Waals surface area contributed by atoms with Crippen molar-refractivity contribution >= 4 is 0 Å². The third kappa shape index (κ3) is 4.32. The van der Waals surface area contributed by atoms with Crippen LogP contribution in [0.25, 0.3) is 0 Å². The molecule has 1 aromatic rings. The van der Waals surface area contributed by atoms with Crippen molar-refractivity contribution < 1.29 is 14.2 Å². The largest absolute Gasteiger partial charge is 0.494 e. The van der Waals surface area contributed by atoms with Gasteiger partial charge in [0.1, 0.15) is 11.6 Å². The van der Waals surface area contributed by atoms with Gasteiger partial charge < -0.3 is 15.6 Å². The van der Waals surface area contributed by atoms with E-state index in [0.29, 0.717) is 25.3 Å². The maximum Gasteiger partial charge on any atom is 0.123 e. The van der Waals surface area contributed by atoms with E-state index in [-0.39, 0.29) is 18.3 Å². The van der Waals surface area contributed by atoms with Gasteiger partial charge in [-0.25, -0.2) is 4.39 Å². The minimum Gasteiger partial charge on any atom is -0.494 e. The lowest BCUT2D eigenvalue weighted by Crippen LogP contribution is -2.18. The van der Waals surface area contributed by atoms with Crippen molar-refractivity contribution in [2.75, 3.05) is 19.8 Å². The van der Waals surface area contributed by atoms with E-state index in [1.165, 1.54) is 12.1 Å². The predicted octanol–water partition coefficient (Wildman–Crippen LogP) is 1.72. The highest BCUT2D eigenvalue weighted by atomic mass is 19.1. The molecule has 0 aliphatic carbocycles. The number of rotatable bonds is 7. The summed E-state index contributed by atoms with van der Waals surface area (Å²) in [7, 11) is 0. The van der Waals surface area contributed by atoms with Crippen LogP contribution in [0.5, 0.6) is 5.75 Å². The highest BCUT2D eigenvalue weighted by Crippen LogP contribution is 2.22. The lowest BCUT2D eigenvalue weighted by Gasteiger charge is -2.14. The van der Waals surface area contributed by atoms with Crippen molar-refractivity contribution in [1.82, 2.24) is 0 Å². The Labute approximate surface area is 101 Å². The standard InChI is InChI=1S/C13H20FNO2/c1-2-17-13-6-5-12(14)7-11(13)4-3-10(8-15)9-16/h5-7,10,16H,2-4,8-9,15H2,1H3. The Balaban J connectivity index is 2.70. The zero-order valence-electron chi connectivity index (χ0n) is 10.2. The normalized spacial score (nSPS) is 12.5. The molecule has 0 heterocycles. The van der Waals surface area contributed by atoms with E-state index in [0.717, 1.165) is 12.0 Å². The van der Waals surface area contributed by atoms with Gasteiger partial charge in [-0.1, -0.05) is 0 Å². The number of hydrogen-bond acceptors (Lipinski definition) is 3. The van der Waals surface area contributed by atoms with E-state index in [1.54, 1.807) is 6.07 Å². The zero-order chi connectivity index (χ0) is 12.7. The lowest BCUT2D eigenvalue weighted by molar-refractivity contribution is 0.222. The van der Waals surface area contributed by atoms with Crippen molar-refractivity contribution in [2.24, 2.45) is 11.7 Å². The fourth-order valence-corrected chi connectivity index (χ4v) is 1.68. The van der Waals surface area contributed by atoms with Gasteiger partial charge in [0, 0.05) is 6.61 Å². The molecule has 0 spiro atoms. The number of benzene rings is 1. The molecule has 3 N–H and O–H groups in total. The third-order valence-corrected chi connectivity index (χ3v) is 2.74. The number of aliphatic hydroxyl groups excluding tert-OH is 1. The van der Waals surface area contributed by atoms with E-state index < -0.39 is 0 Å². The van der Waals surface area contributed by atoms with Gasteiger partial charge in [0.15, 0.2) is 0 Å². The van der Waals surface area contributed by atoms with Crippen LogP contribution in [0, 0.1) is 11.7 Å². The van der Waals surface area contributed by atoms with Crippen LogP contribution in [0.15, 0.2) is 18.2 Å². The van der Waals surface area contributed by atoms with E-state index >= 15 is 0 Å². The molecule has 1 unspecified atom stereocenters. The van der Waals surface area contributed by atoms with Crippen LogP contribution in [-0.4, -0.2) is 24.9 Å². The first-order valence-electron chi connectivity index (χ1n) is 5.93. The second-order valence-corrected chi connectivity index (χ2v) is 4.01. The van der Waals surface area contributed by atoms with E-state index in [4.69, 9.17) is 15.6 Å². The molecule has 0 saturated carbocycles. The number of halogens is 1. The number of nitrogens with two attached hydrogens (primary N) is 1. The van der Waals surface area contributed by atoms with Gasteiger partial charge in [0.25, 0.3) is 0 Å². The number of hydrogen-bond donors (Lipinski definition) is 2. The quantitative estimate of drug-likeness (QED) is 0.764. The predicted molar refractivity (Wildman–Crippen MR) is 65.5 cm³/mol. The number of ether oxygens (including phenoxy) is 1. The Hall–Kier alpha value is -1.13. The molecule has 0 radical (unpaired) electrons. The highest BCUT2D eigenvalue weighted by Gasteiger charge is 2.09. The molecule has 1 atom stereocenters. The molecule has 1 rings (SSSR count). The van der Waals surface area contributed by atoms with Crippen LogP contribution in [0.1, 0.15) is 18.9 Å². The fourth-order valence-electron chi connectivity index (χ4n) is 1.68. The fraction of sp³-hybridized carbons (Fsp3) is 0.538. The molecule has 4 heteroatoms. The summed E-state index contributed by atoms with van der Waals surface area (Å²) in [4.78, 5) is 0. The van der Waals surface area contributed by atoms with E-state index in [1.807, 2.05) is 6.92 Å². The summed E-state index contributed by atoms with van der Waals surface area (Å²) in [6.07, 6.45) is 1.39. The van der Waals surface area contributed by atoms with E-state index in [2.05, 4.69) is 0 Å². The smallest absolute Gasteiger partial charge is 0.123 e. The molecule has 0 amide bonds. The molecule has 0 bridgehead atoms. The topological polar surface area (TPSA) is 55.5 Å².